The van der Waals surface area contributed by atoms with Crippen LogP contribution >= 0.6 is 0 Å². The highest BCUT2D eigenvalue weighted by molar-refractivity contribution is 4.46. The summed E-state index contributed by atoms with van der Waals surface area (Å²) in [6.45, 7) is 0.431. The molecule has 0 rings (SSSR count). The van der Waals surface area contributed by atoms with Gasteiger partial charge in [-0.2, -0.15) is 0 Å². The summed E-state index contributed by atoms with van der Waals surface area (Å²) in [5, 5.41) is 18.6. The molecule has 0 atom stereocenters. The van der Waals surface area contributed by atoms with Crippen molar-refractivity contribution in [3.05, 3.63) is 0 Å². The number of hydrogen-bond donors (Lipinski definition) is 1. The van der Waals surface area contributed by atoms with Gasteiger partial charge in [0.05, 0.1) is 6.61 Å². The van der Waals surface area contributed by atoms with Crippen molar-refractivity contribution in [1.29, 1.82) is 0 Å². The summed E-state index contributed by atoms with van der Waals surface area (Å²) in [6.07, 6.45) is 10.4. The van der Waals surface area contributed by atoms with E-state index in [0.29, 0.717) is 6.61 Å². The van der Waals surface area contributed by atoms with E-state index in [9.17, 15) is 5.11 Å². The van der Waals surface area contributed by atoms with Gasteiger partial charge in [0.15, 0.2) is 0 Å². The molecule has 0 amide bonds. The van der Waals surface area contributed by atoms with Crippen molar-refractivity contribution in [1.82, 2.24) is 0 Å². The van der Waals surface area contributed by atoms with Gasteiger partial charge < -0.3 is 5.11 Å². The Morgan fingerprint density at radius 3 is 1.38 bits per heavy atom. The molecule has 0 fully saturated rings. The Hall–Kier alpha value is -0.0800. The molecular weight excluding hydrogens is 164 g/mol. The van der Waals surface area contributed by atoms with Gasteiger partial charge in [-0.3, -0.25) is 0 Å². The van der Waals surface area contributed by atoms with Crippen LogP contribution < -0.4 is 0 Å². The lowest BCUT2D eigenvalue weighted by Gasteiger charge is -2.00. The molecule has 0 unspecified atom stereocenters. The van der Waals surface area contributed by atoms with E-state index in [0.717, 1.165) is 25.7 Å². The van der Waals surface area contributed by atoms with E-state index in [4.69, 9.17) is 5.11 Å². The third kappa shape index (κ3) is 11.9. The largest absolute Gasteiger partial charge is 0.396 e. The zero-order valence-corrected chi connectivity index (χ0v) is 8.63. The summed E-state index contributed by atoms with van der Waals surface area (Å²) in [7, 11) is 0. The smallest absolute Gasteiger partial charge is 0.0822 e. The van der Waals surface area contributed by atoms with E-state index < -0.39 is 0 Å². The van der Waals surface area contributed by atoms with Gasteiger partial charge >= 0.3 is 0 Å². The van der Waals surface area contributed by atoms with Crippen molar-refractivity contribution in [2.75, 3.05) is 13.2 Å². The molecule has 0 spiro atoms. The Labute approximate surface area is 82.0 Å². The number of aliphatic hydroxyl groups is 1. The van der Waals surface area contributed by atoms with Crippen LogP contribution in [0.1, 0.15) is 57.8 Å². The molecule has 0 saturated heterocycles. The molecule has 0 aliphatic heterocycles. The third-order valence-electron chi connectivity index (χ3n) is 2.30. The van der Waals surface area contributed by atoms with Crippen molar-refractivity contribution in [2.45, 2.75) is 57.8 Å². The van der Waals surface area contributed by atoms with Crippen molar-refractivity contribution in [3.63, 3.8) is 0 Å². The predicted molar refractivity (Wildman–Crippen MR) is 54.2 cm³/mol. The summed E-state index contributed by atoms with van der Waals surface area (Å²) in [5.74, 6) is 0. The molecule has 79 valence electrons. The first-order valence-corrected chi connectivity index (χ1v) is 5.60. The first-order valence-electron chi connectivity index (χ1n) is 5.60. The molecule has 2 heteroatoms. The fourth-order valence-electron chi connectivity index (χ4n) is 1.45. The average molecular weight is 187 g/mol. The summed E-state index contributed by atoms with van der Waals surface area (Å²) >= 11 is 0. The Kier molecular flexibility index (Phi) is 11.8. The van der Waals surface area contributed by atoms with Gasteiger partial charge in [-0.25, -0.2) is 5.11 Å². The zero-order valence-electron chi connectivity index (χ0n) is 8.63. The van der Waals surface area contributed by atoms with E-state index in [1.807, 2.05) is 0 Å². The molecular formula is C11H23O2. The van der Waals surface area contributed by atoms with Crippen LogP contribution in [0, 0.1) is 0 Å². The number of rotatable bonds is 10. The highest BCUT2D eigenvalue weighted by atomic mass is 16.3. The molecule has 0 aliphatic rings. The van der Waals surface area contributed by atoms with Crippen LogP contribution in [0.4, 0.5) is 0 Å². The molecule has 0 aliphatic carbocycles. The minimum atomic E-state index is 0.0938. The molecule has 0 aromatic carbocycles. The van der Waals surface area contributed by atoms with Crippen molar-refractivity contribution in [2.24, 2.45) is 0 Å². The summed E-state index contributed by atoms with van der Waals surface area (Å²) in [6, 6.07) is 0. The van der Waals surface area contributed by atoms with Crippen LogP contribution in [0.25, 0.3) is 0 Å². The van der Waals surface area contributed by atoms with Gasteiger partial charge in [-0.05, 0) is 12.8 Å². The standard InChI is InChI=1S/C11H23O2/c12-10-8-6-4-2-1-3-5-7-9-11-13/h12H,1-11H2. The lowest BCUT2D eigenvalue weighted by molar-refractivity contribution is 0.186. The quantitative estimate of drug-likeness (QED) is 0.525. The second-order valence-corrected chi connectivity index (χ2v) is 3.61. The van der Waals surface area contributed by atoms with Gasteiger partial charge in [-0.15, -0.1) is 0 Å². The van der Waals surface area contributed by atoms with Crippen molar-refractivity contribution < 1.29 is 10.2 Å². The van der Waals surface area contributed by atoms with Gasteiger partial charge in [0.25, 0.3) is 0 Å². The molecule has 13 heavy (non-hydrogen) atoms. The summed E-state index contributed by atoms with van der Waals surface area (Å²) in [5.41, 5.74) is 0. The van der Waals surface area contributed by atoms with E-state index >= 15 is 0 Å². The Bertz CT molecular complexity index is 74.2. The molecule has 0 aromatic heterocycles. The van der Waals surface area contributed by atoms with Gasteiger partial charge in [-0.1, -0.05) is 44.9 Å². The topological polar surface area (TPSA) is 40.1 Å². The molecule has 0 saturated carbocycles. The third-order valence-corrected chi connectivity index (χ3v) is 2.30. The van der Waals surface area contributed by atoms with Crippen LogP contribution in [-0.2, 0) is 5.11 Å². The van der Waals surface area contributed by atoms with Crippen LogP contribution in [0.3, 0.4) is 0 Å². The lowest BCUT2D eigenvalue weighted by atomic mass is 10.1. The monoisotopic (exact) mass is 187 g/mol. The first kappa shape index (κ1) is 12.9. The maximum absolute atomic E-state index is 10.1. The van der Waals surface area contributed by atoms with E-state index in [1.54, 1.807) is 0 Å². The Balaban J connectivity index is 2.76. The van der Waals surface area contributed by atoms with Crippen LogP contribution in [0.2, 0.25) is 0 Å². The average Bonchev–Trinajstić information content (AvgIpc) is 2.16. The number of aliphatic hydroxyl groups excluding tert-OH is 1. The molecule has 1 radical (unpaired) electrons. The number of hydrogen-bond acceptors (Lipinski definition) is 1. The van der Waals surface area contributed by atoms with Crippen LogP contribution in [-0.4, -0.2) is 18.3 Å². The van der Waals surface area contributed by atoms with Gasteiger partial charge in [0, 0.05) is 6.61 Å². The molecule has 0 bridgehead atoms. The predicted octanol–water partition coefficient (Wildman–Crippen LogP) is 2.92. The first-order chi connectivity index (χ1) is 6.41. The van der Waals surface area contributed by atoms with Crippen LogP contribution in [0.5, 0.6) is 0 Å². The minimum absolute atomic E-state index is 0.0938. The molecule has 1 N–H and O–H groups in total. The Morgan fingerprint density at radius 2 is 1.00 bits per heavy atom. The fraction of sp³-hybridized carbons (Fsp3) is 1.00. The van der Waals surface area contributed by atoms with Crippen LogP contribution in [0.15, 0.2) is 0 Å². The van der Waals surface area contributed by atoms with Gasteiger partial charge in [0.2, 0.25) is 0 Å². The minimum Gasteiger partial charge on any atom is -0.396 e. The molecule has 2 nitrogen and oxygen atoms in total. The summed E-state index contributed by atoms with van der Waals surface area (Å²) in [4.78, 5) is 0. The fourth-order valence-corrected chi connectivity index (χ4v) is 1.45. The van der Waals surface area contributed by atoms with E-state index in [2.05, 4.69) is 0 Å². The second-order valence-electron chi connectivity index (χ2n) is 3.61. The Morgan fingerprint density at radius 1 is 0.615 bits per heavy atom. The van der Waals surface area contributed by atoms with Crippen molar-refractivity contribution in [3.8, 4) is 0 Å². The SMILES string of the molecule is [O]CCCCCCCCCCCO. The molecule has 0 aromatic rings. The second kappa shape index (κ2) is 11.9. The highest BCUT2D eigenvalue weighted by Gasteiger charge is 1.91. The maximum atomic E-state index is 10.1. The zero-order chi connectivity index (χ0) is 9.78. The van der Waals surface area contributed by atoms with Gasteiger partial charge in [0.1, 0.15) is 0 Å². The van der Waals surface area contributed by atoms with E-state index in [-0.39, 0.29) is 6.61 Å². The van der Waals surface area contributed by atoms with Crippen molar-refractivity contribution >= 4 is 0 Å². The highest BCUT2D eigenvalue weighted by Crippen LogP contribution is 2.09. The normalized spacial score (nSPS) is 10.6. The number of unbranched alkanes of at least 4 members (excludes halogenated alkanes) is 8. The summed E-state index contributed by atoms with van der Waals surface area (Å²) < 4.78 is 0. The lowest BCUT2D eigenvalue weighted by Crippen LogP contribution is -1.85. The molecule has 0 heterocycles. The maximum Gasteiger partial charge on any atom is 0.0822 e. The van der Waals surface area contributed by atoms with E-state index in [1.165, 1.54) is 32.1 Å².